The fourth-order valence-electron chi connectivity index (χ4n) is 7.63. The molecule has 4 N–H and O–H groups in total. The Morgan fingerprint density at radius 2 is 0.507 bits per heavy atom. The first kappa shape index (κ1) is 61.8. The van der Waals surface area contributed by atoms with Gasteiger partial charge in [-0.1, -0.05) is 121 Å². The van der Waals surface area contributed by atoms with Gasteiger partial charge in [-0.15, -0.1) is 0 Å². The topological polar surface area (TPSA) is 192 Å². The third kappa shape index (κ3) is 25.6. The van der Waals surface area contributed by atoms with Crippen LogP contribution in [-0.4, -0.2) is 177 Å². The molecule has 0 heterocycles. The van der Waals surface area contributed by atoms with Crippen LogP contribution < -0.4 is 0 Å². The number of aliphatic hydroxyl groups excluding tert-OH is 4. The first-order valence-corrected chi connectivity index (χ1v) is 25.6. The lowest BCUT2D eigenvalue weighted by Crippen LogP contribution is -2.44. The molecule has 408 valence electrons. The monoisotopic (exact) mass is 1020 g/mol. The van der Waals surface area contributed by atoms with E-state index in [9.17, 15) is 20.4 Å². The van der Waals surface area contributed by atoms with Crippen molar-refractivity contribution in [2.75, 3.05) is 132 Å². The van der Waals surface area contributed by atoms with Crippen molar-refractivity contribution in [3.63, 3.8) is 0 Å². The summed E-state index contributed by atoms with van der Waals surface area (Å²) in [6.07, 6.45) is -2.83. The molecule has 0 amide bonds. The van der Waals surface area contributed by atoms with Crippen LogP contribution in [0.3, 0.4) is 0 Å². The highest BCUT2D eigenvalue weighted by molar-refractivity contribution is 5.20. The summed E-state index contributed by atoms with van der Waals surface area (Å²) in [6, 6.07) is 39.0. The highest BCUT2D eigenvalue weighted by Crippen LogP contribution is 2.25. The second-order valence-corrected chi connectivity index (χ2v) is 18.1. The summed E-state index contributed by atoms with van der Waals surface area (Å²) in [4.78, 5) is 0. The molecule has 8 atom stereocenters. The maximum absolute atomic E-state index is 9.49. The molecule has 4 aromatic carbocycles. The quantitative estimate of drug-likeness (QED) is 0.0368. The van der Waals surface area contributed by atoms with E-state index in [2.05, 4.69) is 0 Å². The minimum absolute atomic E-state index is 0.106. The number of hydrogen-bond donors (Lipinski definition) is 4. The summed E-state index contributed by atoms with van der Waals surface area (Å²) < 4.78 is 74.8. The molecule has 0 bridgehead atoms. The first-order valence-electron chi connectivity index (χ1n) is 25.6. The molecule has 0 spiro atoms. The highest BCUT2D eigenvalue weighted by atomic mass is 16.6. The summed E-state index contributed by atoms with van der Waals surface area (Å²) in [5.41, 5.74) is 2.93. The lowest BCUT2D eigenvalue weighted by atomic mass is 9.92. The van der Waals surface area contributed by atoms with E-state index >= 15 is 0 Å². The summed E-state index contributed by atoms with van der Waals surface area (Å²) in [5.74, 6) is 0. The van der Waals surface area contributed by atoms with Gasteiger partial charge in [-0.3, -0.25) is 0 Å². The molecule has 8 unspecified atom stereocenters. The van der Waals surface area contributed by atoms with Crippen LogP contribution >= 0.6 is 0 Å². The van der Waals surface area contributed by atoms with Crippen molar-refractivity contribution in [3.05, 3.63) is 144 Å². The van der Waals surface area contributed by atoms with Crippen molar-refractivity contribution >= 4 is 0 Å². The predicted octanol–water partition coefficient (Wildman–Crippen LogP) is 6.66. The fraction of sp³-hybridized carbons (Fsp3) is 0.579. The predicted molar refractivity (Wildman–Crippen MR) is 276 cm³/mol. The van der Waals surface area contributed by atoms with Crippen LogP contribution in [0.1, 0.15) is 74.4 Å². The number of ether oxygens (including phenoxy) is 12. The molecule has 0 aliphatic heterocycles. The Labute approximate surface area is 433 Å². The van der Waals surface area contributed by atoms with Crippen molar-refractivity contribution in [2.24, 2.45) is 5.41 Å². The molecular formula is C57H84O16. The number of aliphatic hydroxyl groups is 4. The van der Waals surface area contributed by atoms with E-state index < -0.39 is 5.41 Å². The van der Waals surface area contributed by atoms with Gasteiger partial charge in [-0.05, 0) is 49.9 Å². The van der Waals surface area contributed by atoms with Crippen molar-refractivity contribution in [1.82, 2.24) is 0 Å². The van der Waals surface area contributed by atoms with Crippen LogP contribution in [0.2, 0.25) is 0 Å². The Morgan fingerprint density at radius 1 is 0.301 bits per heavy atom. The zero-order chi connectivity index (χ0) is 52.2. The van der Waals surface area contributed by atoms with Gasteiger partial charge in [0.05, 0.1) is 162 Å². The number of rotatable bonds is 44. The van der Waals surface area contributed by atoms with E-state index in [0.29, 0.717) is 0 Å². The third-order valence-corrected chi connectivity index (χ3v) is 11.5. The van der Waals surface area contributed by atoms with E-state index in [4.69, 9.17) is 56.8 Å². The highest BCUT2D eigenvalue weighted by Gasteiger charge is 2.34. The van der Waals surface area contributed by atoms with E-state index in [1.54, 1.807) is 0 Å². The van der Waals surface area contributed by atoms with Gasteiger partial charge < -0.3 is 77.3 Å². The van der Waals surface area contributed by atoms with Gasteiger partial charge in [0, 0.05) is 0 Å². The average Bonchev–Trinajstić information content (AvgIpc) is 3.42. The van der Waals surface area contributed by atoms with E-state index in [-0.39, 0.29) is 181 Å². The van der Waals surface area contributed by atoms with Gasteiger partial charge >= 0.3 is 0 Å². The van der Waals surface area contributed by atoms with Gasteiger partial charge in [-0.25, -0.2) is 0 Å². The molecule has 0 saturated carbocycles. The largest absolute Gasteiger partial charge is 0.394 e. The summed E-state index contributed by atoms with van der Waals surface area (Å²) in [5, 5.41) is 38.0. The Hall–Kier alpha value is -3.76. The summed E-state index contributed by atoms with van der Waals surface area (Å²) >= 11 is 0. The molecule has 73 heavy (non-hydrogen) atoms. The zero-order valence-corrected chi connectivity index (χ0v) is 43.5. The standard InChI is InChI=1S/C57H84O16/c1-45(70-37-53(66-29-25-58)49-17-9-5-10-18-49)33-62-41-57(42-63-34-46(2)71-38-54(67-30-26-59)50-19-11-6-12-20-50,43-64-35-47(3)72-39-55(68-31-27-60)51-21-13-7-14-22-51)44-65-36-48(4)73-40-56(69-32-28-61)52-23-15-8-16-24-52/h5-24,45-48,53-56,58-61H,25-44H2,1-4H3. The molecule has 16 nitrogen and oxygen atoms in total. The van der Waals surface area contributed by atoms with Crippen molar-refractivity contribution in [3.8, 4) is 0 Å². The van der Waals surface area contributed by atoms with E-state index in [1.165, 1.54) is 0 Å². The van der Waals surface area contributed by atoms with E-state index in [0.717, 1.165) is 22.3 Å². The van der Waals surface area contributed by atoms with Gasteiger partial charge in [0.15, 0.2) is 0 Å². The Balaban J connectivity index is 1.49. The van der Waals surface area contributed by atoms with Crippen LogP contribution in [0.15, 0.2) is 121 Å². The minimum Gasteiger partial charge on any atom is -0.394 e. The van der Waals surface area contributed by atoms with Crippen molar-refractivity contribution in [1.29, 1.82) is 0 Å². The second kappa shape index (κ2) is 37.9. The number of benzene rings is 4. The van der Waals surface area contributed by atoms with Gasteiger partial charge in [0.2, 0.25) is 0 Å². The van der Waals surface area contributed by atoms with E-state index in [1.807, 2.05) is 149 Å². The maximum atomic E-state index is 9.49. The molecule has 0 aliphatic carbocycles. The lowest BCUT2D eigenvalue weighted by Gasteiger charge is -2.34. The average molecular weight is 1030 g/mol. The minimum atomic E-state index is -0.847. The molecule has 4 rings (SSSR count). The summed E-state index contributed by atoms with van der Waals surface area (Å²) in [7, 11) is 0. The normalized spacial score (nSPS) is 16.0. The molecule has 0 aromatic heterocycles. The van der Waals surface area contributed by atoms with Crippen LogP contribution in [0, 0.1) is 5.41 Å². The Bertz CT molecular complexity index is 1610. The molecule has 4 aromatic rings. The second-order valence-electron chi connectivity index (χ2n) is 18.1. The molecular weight excluding hydrogens is 941 g/mol. The van der Waals surface area contributed by atoms with Crippen LogP contribution in [0.5, 0.6) is 0 Å². The molecule has 0 fully saturated rings. The van der Waals surface area contributed by atoms with Crippen LogP contribution in [-0.2, 0) is 56.8 Å². The van der Waals surface area contributed by atoms with Crippen molar-refractivity contribution in [2.45, 2.75) is 76.5 Å². The van der Waals surface area contributed by atoms with Gasteiger partial charge in [0.1, 0.15) is 24.4 Å². The molecule has 0 aliphatic rings. The molecule has 0 saturated heterocycles. The Morgan fingerprint density at radius 3 is 0.699 bits per heavy atom. The Kier molecular flexibility index (Phi) is 32.1. The van der Waals surface area contributed by atoms with Crippen LogP contribution in [0.25, 0.3) is 0 Å². The summed E-state index contributed by atoms with van der Waals surface area (Å²) in [6.45, 7) is 10.7. The number of hydrogen-bond acceptors (Lipinski definition) is 16. The van der Waals surface area contributed by atoms with Gasteiger partial charge in [-0.2, -0.15) is 0 Å². The molecule has 16 heteroatoms. The van der Waals surface area contributed by atoms with Crippen molar-refractivity contribution < 1.29 is 77.3 Å². The fourth-order valence-corrected chi connectivity index (χ4v) is 7.63. The SMILES string of the molecule is CC(COCC(COCC(C)OCC(OCCO)c1ccccc1)(COCC(C)OCC(OCCO)c1ccccc1)COCC(C)OCC(OCCO)c1ccccc1)OCC(OCCO)c1ccccc1. The van der Waals surface area contributed by atoms with Gasteiger partial charge in [0.25, 0.3) is 0 Å². The zero-order valence-electron chi connectivity index (χ0n) is 43.5. The first-order chi connectivity index (χ1) is 35.7. The smallest absolute Gasteiger partial charge is 0.106 e. The maximum Gasteiger partial charge on any atom is 0.106 e. The lowest BCUT2D eigenvalue weighted by molar-refractivity contribution is -0.146. The third-order valence-electron chi connectivity index (χ3n) is 11.5. The molecule has 0 radical (unpaired) electrons. The van der Waals surface area contributed by atoms with Crippen LogP contribution in [0.4, 0.5) is 0 Å².